The number of hydrogen-bond donors (Lipinski definition) is 0. The zero-order chi connectivity index (χ0) is 18.4. The molecule has 0 aliphatic carbocycles. The largest absolute Gasteiger partial charge is 0.493 e. The molecule has 1 heterocycles. The standard InChI is InChI=1S/C20H22N2O3S/c1-15(14-24-2)22-19(23)17-10-6-7-11-18(17)21-20(22)26-13-12-25-16-8-4-3-5-9-16/h3-11,15H,12-14H2,1-2H3/t15-/m1/s1. The molecule has 3 aromatic rings. The lowest BCUT2D eigenvalue weighted by Gasteiger charge is -2.19. The molecule has 5 nitrogen and oxygen atoms in total. The Kier molecular flexibility index (Phi) is 6.30. The Morgan fingerprint density at radius 2 is 1.85 bits per heavy atom. The van der Waals surface area contributed by atoms with E-state index in [9.17, 15) is 4.79 Å². The van der Waals surface area contributed by atoms with E-state index in [4.69, 9.17) is 14.5 Å². The number of thioether (sulfide) groups is 1. The van der Waals surface area contributed by atoms with Crippen molar-refractivity contribution in [3.63, 3.8) is 0 Å². The fraction of sp³-hybridized carbons (Fsp3) is 0.300. The highest BCUT2D eigenvalue weighted by Gasteiger charge is 2.16. The summed E-state index contributed by atoms with van der Waals surface area (Å²) >= 11 is 1.52. The average Bonchev–Trinajstić information content (AvgIpc) is 2.66. The monoisotopic (exact) mass is 370 g/mol. The van der Waals surface area contributed by atoms with Gasteiger partial charge in [0.2, 0.25) is 0 Å². The van der Waals surface area contributed by atoms with E-state index in [1.54, 1.807) is 11.7 Å². The van der Waals surface area contributed by atoms with E-state index in [2.05, 4.69) is 0 Å². The van der Waals surface area contributed by atoms with Crippen LogP contribution in [0.3, 0.4) is 0 Å². The van der Waals surface area contributed by atoms with Gasteiger partial charge in [-0.2, -0.15) is 0 Å². The third kappa shape index (κ3) is 4.26. The molecule has 0 saturated heterocycles. The summed E-state index contributed by atoms with van der Waals surface area (Å²) in [6, 6.07) is 17.0. The quantitative estimate of drug-likeness (QED) is 0.343. The SMILES string of the molecule is COC[C@@H](C)n1c(SCCOc2ccccc2)nc2ccccc2c1=O. The first-order valence-electron chi connectivity index (χ1n) is 8.51. The van der Waals surface area contributed by atoms with E-state index in [1.807, 2.05) is 61.5 Å². The molecular weight excluding hydrogens is 348 g/mol. The zero-order valence-electron chi connectivity index (χ0n) is 14.9. The van der Waals surface area contributed by atoms with Crippen LogP contribution in [-0.2, 0) is 4.74 Å². The molecule has 0 unspecified atom stereocenters. The van der Waals surface area contributed by atoms with E-state index in [0.29, 0.717) is 35.0 Å². The van der Waals surface area contributed by atoms with E-state index in [1.165, 1.54) is 11.8 Å². The van der Waals surface area contributed by atoms with Crippen LogP contribution in [0, 0.1) is 0 Å². The molecule has 0 bridgehead atoms. The number of fused-ring (bicyclic) bond motifs is 1. The molecule has 0 saturated carbocycles. The second kappa shape index (κ2) is 8.87. The predicted molar refractivity (Wildman–Crippen MR) is 105 cm³/mol. The van der Waals surface area contributed by atoms with Gasteiger partial charge in [0.15, 0.2) is 5.16 Å². The number of methoxy groups -OCH3 is 1. The first-order valence-corrected chi connectivity index (χ1v) is 9.50. The Morgan fingerprint density at radius 3 is 2.62 bits per heavy atom. The lowest BCUT2D eigenvalue weighted by atomic mass is 10.2. The maximum atomic E-state index is 12.9. The molecule has 136 valence electrons. The average molecular weight is 370 g/mol. The molecule has 1 aromatic heterocycles. The van der Waals surface area contributed by atoms with Crippen molar-refractivity contribution in [1.29, 1.82) is 0 Å². The molecule has 0 spiro atoms. The van der Waals surface area contributed by atoms with Gasteiger partial charge in [-0.05, 0) is 31.2 Å². The minimum atomic E-state index is -0.0952. The van der Waals surface area contributed by atoms with Gasteiger partial charge >= 0.3 is 0 Å². The topological polar surface area (TPSA) is 53.4 Å². The summed E-state index contributed by atoms with van der Waals surface area (Å²) in [5.41, 5.74) is 0.677. The van der Waals surface area contributed by atoms with Crippen LogP contribution in [-0.4, -0.2) is 35.6 Å². The fourth-order valence-corrected chi connectivity index (χ4v) is 3.66. The number of para-hydroxylation sites is 2. The van der Waals surface area contributed by atoms with Crippen molar-refractivity contribution < 1.29 is 9.47 Å². The summed E-state index contributed by atoms with van der Waals surface area (Å²) in [5.74, 6) is 1.53. The van der Waals surface area contributed by atoms with Crippen molar-refractivity contribution in [3.8, 4) is 5.75 Å². The predicted octanol–water partition coefficient (Wildman–Crippen LogP) is 3.78. The fourth-order valence-electron chi connectivity index (χ4n) is 2.74. The number of hydrogen-bond acceptors (Lipinski definition) is 5. The van der Waals surface area contributed by atoms with Gasteiger partial charge in [-0.1, -0.05) is 42.1 Å². The van der Waals surface area contributed by atoms with Crippen LogP contribution >= 0.6 is 11.8 Å². The van der Waals surface area contributed by atoms with Crippen LogP contribution in [0.25, 0.3) is 10.9 Å². The number of ether oxygens (including phenoxy) is 2. The number of benzene rings is 2. The molecule has 2 aromatic carbocycles. The Labute approximate surface area is 157 Å². The molecule has 0 N–H and O–H groups in total. The Balaban J connectivity index is 1.81. The third-order valence-corrected chi connectivity index (χ3v) is 4.87. The van der Waals surface area contributed by atoms with Gasteiger partial charge in [0.05, 0.1) is 30.2 Å². The molecule has 0 radical (unpaired) electrons. The van der Waals surface area contributed by atoms with Crippen LogP contribution in [0.1, 0.15) is 13.0 Å². The van der Waals surface area contributed by atoms with E-state index in [0.717, 1.165) is 5.75 Å². The normalized spacial score (nSPS) is 12.2. The summed E-state index contributed by atoms with van der Waals surface area (Å²) in [4.78, 5) is 17.6. The van der Waals surface area contributed by atoms with Crippen molar-refractivity contribution in [2.45, 2.75) is 18.1 Å². The van der Waals surface area contributed by atoms with Gasteiger partial charge in [0.1, 0.15) is 5.75 Å². The minimum absolute atomic E-state index is 0.0355. The highest BCUT2D eigenvalue weighted by molar-refractivity contribution is 7.99. The molecular formula is C20H22N2O3S. The molecule has 6 heteroatoms. The first-order chi connectivity index (χ1) is 12.7. The van der Waals surface area contributed by atoms with Gasteiger partial charge in [0, 0.05) is 12.9 Å². The Morgan fingerprint density at radius 1 is 1.12 bits per heavy atom. The van der Waals surface area contributed by atoms with Gasteiger partial charge in [0.25, 0.3) is 5.56 Å². The van der Waals surface area contributed by atoms with Crippen LogP contribution in [0.5, 0.6) is 5.75 Å². The second-order valence-electron chi connectivity index (χ2n) is 5.90. The lowest BCUT2D eigenvalue weighted by molar-refractivity contribution is 0.156. The van der Waals surface area contributed by atoms with Gasteiger partial charge in [-0.25, -0.2) is 4.98 Å². The summed E-state index contributed by atoms with van der Waals surface area (Å²) in [7, 11) is 1.64. The number of aromatic nitrogens is 2. The van der Waals surface area contributed by atoms with Crippen molar-refractivity contribution in [2.24, 2.45) is 0 Å². The van der Waals surface area contributed by atoms with Crippen LogP contribution in [0.4, 0.5) is 0 Å². The van der Waals surface area contributed by atoms with Crippen molar-refractivity contribution in [3.05, 3.63) is 65.0 Å². The van der Waals surface area contributed by atoms with Gasteiger partial charge in [-0.3, -0.25) is 9.36 Å². The van der Waals surface area contributed by atoms with E-state index >= 15 is 0 Å². The van der Waals surface area contributed by atoms with E-state index in [-0.39, 0.29) is 11.6 Å². The Hall–Kier alpha value is -2.31. The van der Waals surface area contributed by atoms with Gasteiger partial charge in [-0.15, -0.1) is 0 Å². The van der Waals surface area contributed by atoms with Gasteiger partial charge < -0.3 is 9.47 Å². The maximum absolute atomic E-state index is 12.9. The van der Waals surface area contributed by atoms with Crippen LogP contribution < -0.4 is 10.3 Å². The molecule has 3 rings (SSSR count). The van der Waals surface area contributed by atoms with Crippen molar-refractivity contribution >= 4 is 22.7 Å². The minimum Gasteiger partial charge on any atom is -0.493 e. The number of nitrogens with zero attached hydrogens (tertiary/aromatic N) is 2. The summed E-state index contributed by atoms with van der Waals surface area (Å²) in [6.45, 7) is 2.95. The Bertz CT molecular complexity index is 912. The third-order valence-electron chi connectivity index (χ3n) is 3.95. The molecule has 26 heavy (non-hydrogen) atoms. The van der Waals surface area contributed by atoms with Crippen molar-refractivity contribution in [1.82, 2.24) is 9.55 Å². The molecule has 0 fully saturated rings. The smallest absolute Gasteiger partial charge is 0.262 e. The summed E-state index contributed by atoms with van der Waals surface area (Å²) in [5, 5.41) is 1.32. The first kappa shape index (κ1) is 18.5. The van der Waals surface area contributed by atoms with Crippen molar-refractivity contribution in [2.75, 3.05) is 26.1 Å². The molecule has 0 amide bonds. The molecule has 0 aliphatic rings. The lowest BCUT2D eigenvalue weighted by Crippen LogP contribution is -2.28. The van der Waals surface area contributed by atoms with Crippen LogP contribution in [0.2, 0.25) is 0 Å². The molecule has 1 atom stereocenters. The highest BCUT2D eigenvalue weighted by Crippen LogP contribution is 2.21. The number of rotatable bonds is 8. The second-order valence-corrected chi connectivity index (χ2v) is 6.96. The maximum Gasteiger partial charge on any atom is 0.262 e. The summed E-state index contributed by atoms with van der Waals surface area (Å²) < 4.78 is 12.7. The summed E-state index contributed by atoms with van der Waals surface area (Å²) in [6.07, 6.45) is 0. The van der Waals surface area contributed by atoms with E-state index < -0.39 is 0 Å². The zero-order valence-corrected chi connectivity index (χ0v) is 15.7. The molecule has 0 aliphatic heterocycles. The highest BCUT2D eigenvalue weighted by atomic mass is 32.2. The van der Waals surface area contributed by atoms with Crippen LogP contribution in [0.15, 0.2) is 64.5 Å².